The lowest BCUT2D eigenvalue weighted by Crippen LogP contribution is -2.13. The number of nitrogens with one attached hydrogen (secondary N) is 1. The Labute approximate surface area is 161 Å². The lowest BCUT2D eigenvalue weighted by Gasteiger charge is -2.10. The minimum absolute atomic E-state index is 0.0222. The number of halogens is 4. The second kappa shape index (κ2) is 7.05. The number of nitrogens with zero attached hydrogens (tertiary/aromatic N) is 1. The van der Waals surface area contributed by atoms with Gasteiger partial charge in [-0.15, -0.1) is 0 Å². The van der Waals surface area contributed by atoms with Gasteiger partial charge in [0.25, 0.3) is 5.91 Å². The Kier molecular flexibility index (Phi) is 4.54. The number of anilines is 1. The Bertz CT molecular complexity index is 1200. The zero-order valence-corrected chi connectivity index (χ0v) is 14.6. The van der Waals surface area contributed by atoms with E-state index in [-0.39, 0.29) is 11.3 Å². The van der Waals surface area contributed by atoms with Crippen LogP contribution in [-0.4, -0.2) is 11.1 Å². The molecule has 8 heteroatoms. The van der Waals surface area contributed by atoms with Crippen molar-refractivity contribution in [2.45, 2.75) is 6.18 Å². The molecule has 3 aromatic carbocycles. The summed E-state index contributed by atoms with van der Waals surface area (Å²) < 4.78 is 57.0. The molecular weight excluding hydrogens is 388 g/mol. The maximum absolute atomic E-state index is 13.2. The van der Waals surface area contributed by atoms with Crippen molar-refractivity contribution in [1.29, 1.82) is 0 Å². The number of aromatic nitrogens is 1. The molecule has 1 aromatic heterocycles. The van der Waals surface area contributed by atoms with E-state index in [4.69, 9.17) is 4.52 Å². The summed E-state index contributed by atoms with van der Waals surface area (Å²) >= 11 is 0. The van der Waals surface area contributed by atoms with E-state index in [1.807, 2.05) is 0 Å². The molecule has 0 aliphatic carbocycles. The molecule has 4 nitrogen and oxygen atoms in total. The molecule has 0 saturated carbocycles. The second-order valence-corrected chi connectivity index (χ2v) is 6.28. The third-order valence-electron chi connectivity index (χ3n) is 4.29. The van der Waals surface area contributed by atoms with Gasteiger partial charge in [-0.2, -0.15) is 13.2 Å². The summed E-state index contributed by atoms with van der Waals surface area (Å²) in [5, 5.41) is 6.89. The quantitative estimate of drug-likeness (QED) is 0.435. The third kappa shape index (κ3) is 3.82. The van der Waals surface area contributed by atoms with Gasteiger partial charge < -0.3 is 9.84 Å². The van der Waals surface area contributed by atoms with Crippen molar-refractivity contribution >= 4 is 22.5 Å². The van der Waals surface area contributed by atoms with E-state index in [9.17, 15) is 22.4 Å². The normalized spacial score (nSPS) is 11.6. The SMILES string of the molecule is O=C(Nc1cccc(C(F)(F)F)c1)c1ccc2noc(-c3ccc(F)cc3)c2c1. The number of carbonyl (C=O) groups excluding carboxylic acids is 1. The Balaban J connectivity index is 1.65. The van der Waals surface area contributed by atoms with E-state index in [0.29, 0.717) is 22.2 Å². The van der Waals surface area contributed by atoms with Gasteiger partial charge in [-0.25, -0.2) is 4.39 Å². The minimum atomic E-state index is -4.51. The molecule has 0 saturated heterocycles. The predicted octanol–water partition coefficient (Wildman–Crippen LogP) is 5.91. The minimum Gasteiger partial charge on any atom is -0.355 e. The number of fused-ring (bicyclic) bond motifs is 1. The summed E-state index contributed by atoms with van der Waals surface area (Å²) in [5.74, 6) is -0.634. The highest BCUT2D eigenvalue weighted by Crippen LogP contribution is 2.32. The number of hydrogen-bond acceptors (Lipinski definition) is 3. The maximum Gasteiger partial charge on any atom is 0.416 e. The van der Waals surface area contributed by atoms with Crippen molar-refractivity contribution in [2.75, 3.05) is 5.32 Å². The molecule has 0 atom stereocenters. The fraction of sp³-hybridized carbons (Fsp3) is 0.0476. The van der Waals surface area contributed by atoms with Crippen molar-refractivity contribution in [1.82, 2.24) is 5.16 Å². The van der Waals surface area contributed by atoms with E-state index in [1.54, 1.807) is 6.07 Å². The molecule has 4 rings (SSSR count). The largest absolute Gasteiger partial charge is 0.416 e. The molecule has 1 heterocycles. The van der Waals surface area contributed by atoms with Gasteiger partial charge in [0.05, 0.1) is 10.9 Å². The Morgan fingerprint density at radius 2 is 1.72 bits per heavy atom. The summed E-state index contributed by atoms with van der Waals surface area (Å²) in [6, 6.07) is 14.5. The van der Waals surface area contributed by atoms with E-state index < -0.39 is 23.5 Å². The molecule has 0 aliphatic rings. The Morgan fingerprint density at radius 3 is 2.45 bits per heavy atom. The van der Waals surface area contributed by atoms with Gasteiger partial charge in [0.15, 0.2) is 5.76 Å². The standard InChI is InChI=1S/C21H12F4N2O2/c22-15-7-4-12(5-8-15)19-17-10-13(6-9-18(17)27-29-19)20(28)26-16-3-1-2-14(11-16)21(23,24)25/h1-11H,(H,26,28). The molecule has 29 heavy (non-hydrogen) atoms. The Hall–Kier alpha value is -3.68. The van der Waals surface area contributed by atoms with Crippen LogP contribution in [0.1, 0.15) is 15.9 Å². The van der Waals surface area contributed by atoms with Crippen LogP contribution in [-0.2, 0) is 6.18 Å². The van der Waals surface area contributed by atoms with Crippen LogP contribution in [0.2, 0.25) is 0 Å². The van der Waals surface area contributed by atoms with Crippen LogP contribution in [0, 0.1) is 5.82 Å². The van der Waals surface area contributed by atoms with Crippen LogP contribution < -0.4 is 5.32 Å². The first-order chi connectivity index (χ1) is 13.8. The zero-order chi connectivity index (χ0) is 20.6. The lowest BCUT2D eigenvalue weighted by atomic mass is 10.1. The first-order valence-corrected chi connectivity index (χ1v) is 8.45. The predicted molar refractivity (Wildman–Crippen MR) is 98.8 cm³/mol. The molecule has 0 fully saturated rings. The van der Waals surface area contributed by atoms with E-state index >= 15 is 0 Å². The van der Waals surface area contributed by atoms with E-state index in [0.717, 1.165) is 12.1 Å². The van der Waals surface area contributed by atoms with Crippen molar-refractivity contribution in [2.24, 2.45) is 0 Å². The molecule has 146 valence electrons. The lowest BCUT2D eigenvalue weighted by molar-refractivity contribution is -0.137. The highest BCUT2D eigenvalue weighted by atomic mass is 19.4. The molecule has 0 aliphatic heterocycles. The number of alkyl halides is 3. The first-order valence-electron chi connectivity index (χ1n) is 8.45. The highest BCUT2D eigenvalue weighted by molar-refractivity contribution is 6.07. The molecule has 1 N–H and O–H groups in total. The van der Waals surface area contributed by atoms with Gasteiger partial charge >= 0.3 is 6.18 Å². The van der Waals surface area contributed by atoms with Gasteiger partial charge in [0, 0.05) is 16.8 Å². The van der Waals surface area contributed by atoms with Crippen molar-refractivity contribution in [3.8, 4) is 11.3 Å². The summed E-state index contributed by atoms with van der Waals surface area (Å²) in [6.07, 6.45) is -4.51. The number of benzene rings is 3. The fourth-order valence-electron chi connectivity index (χ4n) is 2.87. The maximum atomic E-state index is 13.2. The van der Waals surface area contributed by atoms with Crippen LogP contribution in [0.4, 0.5) is 23.2 Å². The van der Waals surface area contributed by atoms with E-state index in [2.05, 4.69) is 10.5 Å². The van der Waals surface area contributed by atoms with Gasteiger partial charge in [-0.1, -0.05) is 11.2 Å². The number of hydrogen-bond donors (Lipinski definition) is 1. The average Bonchev–Trinajstić information content (AvgIpc) is 3.11. The smallest absolute Gasteiger partial charge is 0.355 e. The topological polar surface area (TPSA) is 55.1 Å². The molecule has 0 bridgehead atoms. The third-order valence-corrected chi connectivity index (χ3v) is 4.29. The van der Waals surface area contributed by atoms with Gasteiger partial charge in [0.2, 0.25) is 0 Å². The highest BCUT2D eigenvalue weighted by Gasteiger charge is 2.30. The summed E-state index contributed by atoms with van der Waals surface area (Å²) in [4.78, 5) is 12.5. The van der Waals surface area contributed by atoms with Crippen LogP contribution >= 0.6 is 0 Å². The average molecular weight is 400 g/mol. The van der Waals surface area contributed by atoms with Gasteiger partial charge in [-0.05, 0) is 60.7 Å². The fourth-order valence-corrected chi connectivity index (χ4v) is 2.87. The monoisotopic (exact) mass is 400 g/mol. The van der Waals surface area contributed by atoms with Crippen molar-refractivity contribution < 1.29 is 26.9 Å². The van der Waals surface area contributed by atoms with Crippen molar-refractivity contribution in [3.63, 3.8) is 0 Å². The summed E-state index contributed by atoms with van der Waals surface area (Å²) in [6.45, 7) is 0. The molecule has 1 amide bonds. The number of rotatable bonds is 3. The molecule has 0 radical (unpaired) electrons. The molecule has 0 unspecified atom stereocenters. The Morgan fingerprint density at radius 1 is 0.966 bits per heavy atom. The van der Waals surface area contributed by atoms with Crippen LogP contribution in [0.5, 0.6) is 0 Å². The summed E-state index contributed by atoms with van der Waals surface area (Å²) in [5.41, 5.74) is 0.433. The zero-order valence-electron chi connectivity index (χ0n) is 14.6. The van der Waals surface area contributed by atoms with E-state index in [1.165, 1.54) is 48.5 Å². The molecular formula is C21H12F4N2O2. The first kappa shape index (κ1) is 18.7. The van der Waals surface area contributed by atoms with Gasteiger partial charge in [-0.3, -0.25) is 4.79 Å². The van der Waals surface area contributed by atoms with Crippen molar-refractivity contribution in [3.05, 3.63) is 83.7 Å². The van der Waals surface area contributed by atoms with Crippen LogP contribution in [0.15, 0.2) is 71.3 Å². The molecule has 4 aromatic rings. The second-order valence-electron chi connectivity index (χ2n) is 6.28. The summed E-state index contributed by atoms with van der Waals surface area (Å²) in [7, 11) is 0. The van der Waals surface area contributed by atoms with Gasteiger partial charge in [0.1, 0.15) is 11.3 Å². The number of carbonyl (C=O) groups is 1. The number of amides is 1. The van der Waals surface area contributed by atoms with Crippen LogP contribution in [0.3, 0.4) is 0 Å². The van der Waals surface area contributed by atoms with Crippen LogP contribution in [0.25, 0.3) is 22.2 Å². The molecule has 0 spiro atoms.